The maximum absolute atomic E-state index is 6.31. The van der Waals surface area contributed by atoms with E-state index in [9.17, 15) is 0 Å². The first-order valence-corrected chi connectivity index (χ1v) is 15.4. The van der Waals surface area contributed by atoms with Crippen molar-refractivity contribution in [3.8, 4) is 40.2 Å². The van der Waals surface area contributed by atoms with Gasteiger partial charge in [0.2, 0.25) is 0 Å². The normalized spacial score (nSPS) is 10.6. The maximum Gasteiger partial charge on any atom is 0.193 e. The molecule has 4 aromatic carbocycles. The fourth-order valence-corrected chi connectivity index (χ4v) is 6.04. The van der Waals surface area contributed by atoms with Gasteiger partial charge in [0.15, 0.2) is 58.3 Å². The number of hydrogen-bond acceptors (Lipinski definition) is 6. The highest BCUT2D eigenvalue weighted by Crippen LogP contribution is 2.36. The number of pyridine rings is 2. The van der Waals surface area contributed by atoms with E-state index in [0.717, 1.165) is 50.5 Å². The van der Waals surface area contributed by atoms with Gasteiger partial charge in [0.1, 0.15) is 19.8 Å². The SMILES string of the molecule is COc1cc2cc[n+](C)c(Cc3ccc(Oc4ccc(Cc5c6cc(OC)c(OC)cc6cc[n+]5C)cc4OC)cc3)c2cc1OC.[Cl-].[Cl-]. The van der Waals surface area contributed by atoms with Crippen LogP contribution in [0, 0.1) is 0 Å². The number of halogens is 2. The molecule has 0 unspecified atom stereocenters. The van der Waals surface area contributed by atoms with Gasteiger partial charge in [-0.1, -0.05) is 18.2 Å². The molecule has 8 nitrogen and oxygen atoms in total. The zero-order valence-corrected chi connectivity index (χ0v) is 30.2. The molecule has 6 aromatic rings. The predicted octanol–water partition coefficient (Wildman–Crippen LogP) is 0.667. The molecule has 0 saturated heterocycles. The molecule has 2 heterocycles. The fourth-order valence-electron chi connectivity index (χ4n) is 6.04. The van der Waals surface area contributed by atoms with E-state index in [2.05, 4.69) is 66.0 Å². The lowest BCUT2D eigenvalue weighted by Gasteiger charge is -2.13. The number of rotatable bonds is 11. The number of nitrogens with zero attached hydrogens (tertiary/aromatic N) is 2. The van der Waals surface area contributed by atoms with Gasteiger partial charge in [0, 0.05) is 12.1 Å². The third kappa shape index (κ3) is 7.56. The van der Waals surface area contributed by atoms with Crippen LogP contribution in [0.4, 0.5) is 0 Å². The van der Waals surface area contributed by atoms with Crippen molar-refractivity contribution in [1.29, 1.82) is 0 Å². The second kappa shape index (κ2) is 16.0. The number of aryl methyl sites for hydroxylation is 2. The van der Waals surface area contributed by atoms with Gasteiger partial charge in [-0.2, -0.15) is 0 Å². The van der Waals surface area contributed by atoms with Crippen molar-refractivity contribution < 1.29 is 62.4 Å². The lowest BCUT2D eigenvalue weighted by molar-refractivity contribution is -0.677. The Morgan fingerprint density at radius 1 is 0.449 bits per heavy atom. The lowest BCUT2D eigenvalue weighted by Crippen LogP contribution is -3.00. The van der Waals surface area contributed by atoms with E-state index in [1.165, 1.54) is 5.69 Å². The van der Waals surface area contributed by atoms with Crippen molar-refractivity contribution in [2.75, 3.05) is 35.5 Å². The van der Waals surface area contributed by atoms with Gasteiger partial charge in [0.25, 0.3) is 0 Å². The van der Waals surface area contributed by atoms with E-state index in [0.29, 0.717) is 40.9 Å². The molecule has 0 spiro atoms. The summed E-state index contributed by atoms with van der Waals surface area (Å²) in [5, 5.41) is 4.40. The number of methoxy groups -OCH3 is 5. The van der Waals surface area contributed by atoms with Gasteiger partial charge in [-0.15, -0.1) is 0 Å². The van der Waals surface area contributed by atoms with Crippen LogP contribution in [-0.4, -0.2) is 35.5 Å². The molecule has 0 amide bonds. The summed E-state index contributed by atoms with van der Waals surface area (Å²) in [5.41, 5.74) is 4.58. The molecule has 0 aliphatic heterocycles. The minimum atomic E-state index is 0. The molecule has 0 radical (unpaired) electrons. The summed E-state index contributed by atoms with van der Waals surface area (Å²) in [7, 11) is 12.4. The van der Waals surface area contributed by atoms with Crippen molar-refractivity contribution in [2.24, 2.45) is 14.1 Å². The summed E-state index contributed by atoms with van der Waals surface area (Å²) < 4.78 is 38.6. The number of ether oxygens (including phenoxy) is 6. The van der Waals surface area contributed by atoms with Crippen molar-refractivity contribution in [2.45, 2.75) is 12.8 Å². The molecule has 2 aromatic heterocycles. The van der Waals surface area contributed by atoms with Crippen LogP contribution in [-0.2, 0) is 26.9 Å². The molecular weight excluding hydrogens is 663 g/mol. The average molecular weight is 704 g/mol. The second-order valence-corrected chi connectivity index (χ2v) is 11.4. The van der Waals surface area contributed by atoms with E-state index in [1.54, 1.807) is 35.5 Å². The molecule has 0 fully saturated rings. The molecule has 0 aliphatic carbocycles. The molecule has 0 saturated carbocycles. The Balaban J connectivity index is 0.00000270. The third-order valence-electron chi connectivity index (χ3n) is 8.66. The maximum atomic E-state index is 6.31. The molecule has 0 aliphatic rings. The molecule has 0 bridgehead atoms. The summed E-state index contributed by atoms with van der Waals surface area (Å²) in [6.45, 7) is 0. The summed E-state index contributed by atoms with van der Waals surface area (Å²) in [6, 6.07) is 26.6. The number of benzene rings is 4. The van der Waals surface area contributed by atoms with Crippen LogP contribution in [0.2, 0.25) is 0 Å². The van der Waals surface area contributed by atoms with Crippen molar-refractivity contribution in [1.82, 2.24) is 0 Å². The fraction of sp³-hybridized carbons (Fsp3) is 0.231. The molecule has 6 rings (SSSR count). The highest BCUT2D eigenvalue weighted by molar-refractivity contribution is 5.88. The highest BCUT2D eigenvalue weighted by Gasteiger charge is 2.19. The first-order chi connectivity index (χ1) is 22.8. The van der Waals surface area contributed by atoms with Gasteiger partial charge in [-0.25, -0.2) is 9.13 Å². The van der Waals surface area contributed by atoms with E-state index in [4.69, 9.17) is 28.4 Å². The van der Waals surface area contributed by atoms with E-state index in [-0.39, 0.29) is 24.8 Å². The van der Waals surface area contributed by atoms with Crippen LogP contribution in [0.1, 0.15) is 22.5 Å². The van der Waals surface area contributed by atoms with Crippen LogP contribution < -0.4 is 62.4 Å². The summed E-state index contributed by atoms with van der Waals surface area (Å²) in [6.07, 6.45) is 5.58. The zero-order chi connectivity index (χ0) is 33.1. The van der Waals surface area contributed by atoms with Gasteiger partial charge >= 0.3 is 0 Å². The van der Waals surface area contributed by atoms with E-state index in [1.807, 2.05) is 48.5 Å². The summed E-state index contributed by atoms with van der Waals surface area (Å²) >= 11 is 0. The molecule has 10 heteroatoms. The first-order valence-electron chi connectivity index (χ1n) is 15.4. The van der Waals surface area contributed by atoms with Gasteiger partial charge in [0.05, 0.1) is 59.2 Å². The number of hydrogen-bond donors (Lipinski definition) is 0. The second-order valence-electron chi connectivity index (χ2n) is 11.4. The summed E-state index contributed by atoms with van der Waals surface area (Å²) in [5.74, 6) is 4.89. The van der Waals surface area contributed by atoms with Gasteiger partial charge in [-0.3, -0.25) is 0 Å². The smallest absolute Gasteiger partial charge is 0.193 e. The quantitative estimate of drug-likeness (QED) is 0.185. The van der Waals surface area contributed by atoms with Crippen LogP contribution in [0.5, 0.6) is 40.2 Å². The van der Waals surface area contributed by atoms with Crippen LogP contribution in [0.15, 0.2) is 91.3 Å². The number of aromatic nitrogens is 2. The Morgan fingerprint density at radius 2 is 0.857 bits per heavy atom. The van der Waals surface area contributed by atoms with E-state index >= 15 is 0 Å². The Morgan fingerprint density at radius 3 is 1.33 bits per heavy atom. The Kier molecular flexibility index (Phi) is 12.0. The highest BCUT2D eigenvalue weighted by atomic mass is 35.5. The van der Waals surface area contributed by atoms with Crippen molar-refractivity contribution in [3.63, 3.8) is 0 Å². The lowest BCUT2D eigenvalue weighted by atomic mass is 10.0. The van der Waals surface area contributed by atoms with Crippen LogP contribution in [0.25, 0.3) is 21.5 Å². The Labute approximate surface area is 299 Å². The van der Waals surface area contributed by atoms with Crippen molar-refractivity contribution in [3.05, 3.63) is 114 Å². The molecule has 49 heavy (non-hydrogen) atoms. The van der Waals surface area contributed by atoms with Gasteiger partial charge < -0.3 is 53.2 Å². The largest absolute Gasteiger partial charge is 1.00 e. The third-order valence-corrected chi connectivity index (χ3v) is 8.66. The molecule has 256 valence electrons. The monoisotopic (exact) mass is 702 g/mol. The van der Waals surface area contributed by atoms with Gasteiger partial charge in [-0.05, 0) is 70.4 Å². The van der Waals surface area contributed by atoms with E-state index < -0.39 is 0 Å². The minimum Gasteiger partial charge on any atom is -1.00 e. The van der Waals surface area contributed by atoms with Crippen LogP contribution in [0.3, 0.4) is 0 Å². The predicted molar refractivity (Wildman–Crippen MR) is 182 cm³/mol. The number of fused-ring (bicyclic) bond motifs is 2. The zero-order valence-electron chi connectivity index (χ0n) is 28.7. The molecule has 0 N–H and O–H groups in total. The summed E-state index contributed by atoms with van der Waals surface area (Å²) in [4.78, 5) is 0. The van der Waals surface area contributed by atoms with Crippen molar-refractivity contribution >= 4 is 21.5 Å². The Bertz CT molecular complexity index is 2090. The molecule has 0 atom stereocenters. The minimum absolute atomic E-state index is 0. The molecular formula is C39H40Cl2N2O6. The standard InChI is InChI=1S/C39H40N2O6.2ClH/c1-40-16-14-27-21-36(43-4)38(45-6)23-30(27)32(40)18-25-8-11-29(12-9-25)47-34-13-10-26(20-35(34)42-3)19-33-31-24-39(46-7)37(44-5)22-28(31)15-17-41(33)2;;/h8-17,20-24H,18-19H2,1-7H3;2*1H/q+2;;/p-2. The topological polar surface area (TPSA) is 63.1 Å². The first kappa shape index (κ1) is 36.9. The van der Waals surface area contributed by atoms with Crippen LogP contribution >= 0.6 is 0 Å². The average Bonchev–Trinajstić information content (AvgIpc) is 3.10. The Hall–Kier alpha value is -4.92.